The molecule has 90 valence electrons. The van der Waals surface area contributed by atoms with Gasteiger partial charge in [-0.1, -0.05) is 0 Å². The van der Waals surface area contributed by atoms with Gasteiger partial charge in [-0.2, -0.15) is 13.2 Å². The Morgan fingerprint density at radius 1 is 1.38 bits per heavy atom. The van der Waals surface area contributed by atoms with E-state index in [0.717, 1.165) is 6.20 Å². The predicted octanol–water partition coefficient (Wildman–Crippen LogP) is 3.10. The lowest BCUT2D eigenvalue weighted by molar-refractivity contribution is -0.139. The van der Waals surface area contributed by atoms with Crippen LogP contribution in [-0.2, 0) is 12.7 Å². The van der Waals surface area contributed by atoms with Crippen LogP contribution in [0.25, 0.3) is 0 Å². The van der Waals surface area contributed by atoms with E-state index in [9.17, 15) is 22.0 Å². The second kappa shape index (κ2) is 4.78. The van der Waals surface area contributed by atoms with E-state index in [1.54, 1.807) is 0 Å². The average molecular weight is 352 g/mol. The van der Waals surface area contributed by atoms with Crippen LogP contribution in [0.1, 0.15) is 23.2 Å². The molecule has 16 heavy (non-hydrogen) atoms. The molecule has 1 heterocycles. The lowest BCUT2D eigenvalue weighted by Gasteiger charge is -2.15. The van der Waals surface area contributed by atoms with Crippen LogP contribution >= 0.6 is 22.6 Å². The van der Waals surface area contributed by atoms with Gasteiger partial charge in [0.25, 0.3) is 6.43 Å². The predicted molar refractivity (Wildman–Crippen MR) is 54.8 cm³/mol. The van der Waals surface area contributed by atoms with Crippen LogP contribution in [0.15, 0.2) is 6.20 Å². The van der Waals surface area contributed by atoms with Crippen LogP contribution in [0.5, 0.6) is 0 Å². The quantitative estimate of drug-likeness (QED) is 0.656. The number of pyridine rings is 1. The fraction of sp³-hybridized carbons (Fsp3) is 0.375. The van der Waals surface area contributed by atoms with E-state index in [1.165, 1.54) is 22.6 Å². The summed E-state index contributed by atoms with van der Waals surface area (Å²) in [6.45, 7) is -0.401. The van der Waals surface area contributed by atoms with E-state index < -0.39 is 34.0 Å². The van der Waals surface area contributed by atoms with Crippen LogP contribution in [0, 0.1) is 3.57 Å². The minimum absolute atomic E-state index is 0.290. The van der Waals surface area contributed by atoms with Crippen molar-refractivity contribution in [3.63, 3.8) is 0 Å². The molecule has 2 nitrogen and oxygen atoms in total. The first-order valence-corrected chi connectivity index (χ1v) is 5.09. The maximum Gasteiger partial charge on any atom is 0.417 e. The van der Waals surface area contributed by atoms with Gasteiger partial charge in [0.1, 0.15) is 5.69 Å². The summed E-state index contributed by atoms with van der Waals surface area (Å²) in [4.78, 5) is 3.29. The molecule has 0 saturated heterocycles. The number of nitrogens with two attached hydrogens (primary N) is 1. The molecule has 1 rings (SSSR count). The van der Waals surface area contributed by atoms with Crippen molar-refractivity contribution in [2.24, 2.45) is 5.73 Å². The van der Waals surface area contributed by atoms with Crippen LogP contribution in [0.4, 0.5) is 22.0 Å². The number of aromatic nitrogens is 1. The molecule has 8 heteroatoms. The molecule has 0 aliphatic rings. The lowest BCUT2D eigenvalue weighted by atomic mass is 10.1. The molecule has 1 aromatic rings. The van der Waals surface area contributed by atoms with Crippen LogP contribution in [-0.4, -0.2) is 4.98 Å². The fourth-order valence-electron chi connectivity index (χ4n) is 1.15. The summed E-state index contributed by atoms with van der Waals surface area (Å²) in [5.74, 6) is 0. The molecule has 1 aromatic heterocycles. The molecule has 0 aliphatic heterocycles. The molecule has 0 saturated carbocycles. The molecule has 0 atom stereocenters. The van der Waals surface area contributed by atoms with E-state index >= 15 is 0 Å². The molecule has 2 N–H and O–H groups in total. The zero-order valence-corrected chi connectivity index (χ0v) is 9.81. The third-order valence-electron chi connectivity index (χ3n) is 1.84. The van der Waals surface area contributed by atoms with Crippen molar-refractivity contribution < 1.29 is 22.0 Å². The van der Waals surface area contributed by atoms with Crippen molar-refractivity contribution in [2.75, 3.05) is 0 Å². The second-order valence-electron chi connectivity index (χ2n) is 2.86. The van der Waals surface area contributed by atoms with Crippen LogP contribution in [0.3, 0.4) is 0 Å². The first-order valence-electron chi connectivity index (χ1n) is 4.01. The normalized spacial score (nSPS) is 12.2. The van der Waals surface area contributed by atoms with Gasteiger partial charge in [0.05, 0.1) is 9.13 Å². The minimum atomic E-state index is -4.71. The lowest BCUT2D eigenvalue weighted by Crippen LogP contribution is -2.16. The zero-order valence-electron chi connectivity index (χ0n) is 7.65. The van der Waals surface area contributed by atoms with Gasteiger partial charge in [0.15, 0.2) is 0 Å². The van der Waals surface area contributed by atoms with Gasteiger partial charge in [0.2, 0.25) is 0 Å². The van der Waals surface area contributed by atoms with Crippen LogP contribution < -0.4 is 5.73 Å². The molecular weight excluding hydrogens is 346 g/mol. The third kappa shape index (κ3) is 2.59. The first kappa shape index (κ1) is 13.6. The average Bonchev–Trinajstić information content (AvgIpc) is 2.14. The molecule has 0 radical (unpaired) electrons. The van der Waals surface area contributed by atoms with Gasteiger partial charge in [0, 0.05) is 12.7 Å². The Morgan fingerprint density at radius 2 is 1.94 bits per heavy atom. The smallest absolute Gasteiger partial charge is 0.326 e. The van der Waals surface area contributed by atoms with Crippen molar-refractivity contribution in [1.29, 1.82) is 0 Å². The minimum Gasteiger partial charge on any atom is -0.326 e. The summed E-state index contributed by atoms with van der Waals surface area (Å²) in [5, 5.41) is 0. The molecule has 0 aliphatic carbocycles. The summed E-state index contributed by atoms with van der Waals surface area (Å²) in [6, 6.07) is 0. The van der Waals surface area contributed by atoms with Gasteiger partial charge in [-0.3, -0.25) is 4.98 Å². The SMILES string of the molecule is NCc1cnc(C(F)F)c(I)c1C(F)(F)F. The second-order valence-corrected chi connectivity index (χ2v) is 3.94. The Morgan fingerprint density at radius 3 is 2.31 bits per heavy atom. The number of rotatable bonds is 2. The Kier molecular flexibility index (Phi) is 4.05. The molecule has 0 fully saturated rings. The van der Waals surface area contributed by atoms with Gasteiger partial charge in [-0.15, -0.1) is 0 Å². The Balaban J connectivity index is 3.47. The maximum atomic E-state index is 12.6. The fourth-order valence-corrected chi connectivity index (χ4v) is 2.18. The van der Waals surface area contributed by atoms with Crippen molar-refractivity contribution in [3.8, 4) is 0 Å². The third-order valence-corrected chi connectivity index (χ3v) is 2.93. The Bertz CT molecular complexity index is 391. The molecule has 0 unspecified atom stereocenters. The molecule has 0 spiro atoms. The van der Waals surface area contributed by atoms with E-state index in [1.807, 2.05) is 0 Å². The summed E-state index contributed by atoms with van der Waals surface area (Å²) >= 11 is 1.21. The van der Waals surface area contributed by atoms with Crippen molar-refractivity contribution in [3.05, 3.63) is 26.6 Å². The van der Waals surface area contributed by atoms with E-state index in [4.69, 9.17) is 5.73 Å². The number of halogens is 6. The highest BCUT2D eigenvalue weighted by atomic mass is 127. The van der Waals surface area contributed by atoms with Crippen LogP contribution in [0.2, 0.25) is 0 Å². The summed E-state index contributed by atoms with van der Waals surface area (Å²) < 4.78 is 62.0. The maximum absolute atomic E-state index is 12.6. The summed E-state index contributed by atoms with van der Waals surface area (Å²) in [6.07, 6.45) is -7.01. The first-order chi connectivity index (χ1) is 7.29. The standard InChI is InChI=1S/C8H6F5IN2/c9-7(10)6-5(14)4(8(11,12)13)3(1-15)2-16-6/h2,7H,1,15H2. The van der Waals surface area contributed by atoms with Crippen molar-refractivity contribution in [1.82, 2.24) is 4.98 Å². The number of hydrogen-bond donors (Lipinski definition) is 1. The molecule has 0 amide bonds. The number of hydrogen-bond acceptors (Lipinski definition) is 2. The van der Waals surface area contributed by atoms with Crippen molar-refractivity contribution in [2.45, 2.75) is 19.1 Å². The highest BCUT2D eigenvalue weighted by Gasteiger charge is 2.37. The van der Waals surface area contributed by atoms with Gasteiger partial charge >= 0.3 is 6.18 Å². The van der Waals surface area contributed by atoms with Crippen molar-refractivity contribution >= 4 is 22.6 Å². The summed E-state index contributed by atoms with van der Waals surface area (Å²) in [7, 11) is 0. The molecular formula is C8H6F5IN2. The Hall–Kier alpha value is -0.510. The van der Waals surface area contributed by atoms with E-state index in [0.29, 0.717) is 0 Å². The highest BCUT2D eigenvalue weighted by molar-refractivity contribution is 14.1. The van der Waals surface area contributed by atoms with E-state index in [-0.39, 0.29) is 5.56 Å². The highest BCUT2D eigenvalue weighted by Crippen LogP contribution is 2.38. The monoisotopic (exact) mass is 352 g/mol. The topological polar surface area (TPSA) is 38.9 Å². The Labute approximate surface area is 101 Å². The largest absolute Gasteiger partial charge is 0.417 e. The molecule has 0 aromatic carbocycles. The van der Waals surface area contributed by atoms with Gasteiger partial charge < -0.3 is 5.73 Å². The molecule has 0 bridgehead atoms. The zero-order chi connectivity index (χ0) is 12.5. The summed E-state index contributed by atoms with van der Waals surface area (Å²) in [5.41, 5.74) is 2.83. The van der Waals surface area contributed by atoms with Gasteiger partial charge in [-0.25, -0.2) is 8.78 Å². The number of nitrogens with zero attached hydrogens (tertiary/aromatic N) is 1. The van der Waals surface area contributed by atoms with E-state index in [2.05, 4.69) is 4.98 Å². The van der Waals surface area contributed by atoms with Gasteiger partial charge in [-0.05, 0) is 28.2 Å². The number of alkyl halides is 5.